The molecule has 11 heteroatoms. The van der Waals surface area contributed by atoms with Crippen molar-refractivity contribution >= 4 is 38.8 Å². The molecule has 1 aliphatic heterocycles. The van der Waals surface area contributed by atoms with Gasteiger partial charge in [0.2, 0.25) is 0 Å². The van der Waals surface area contributed by atoms with Gasteiger partial charge in [0, 0.05) is 25.8 Å². The van der Waals surface area contributed by atoms with Crippen LogP contribution in [0.5, 0.6) is 5.75 Å². The number of nitrogens with zero attached hydrogens (tertiary/aromatic N) is 4. The predicted molar refractivity (Wildman–Crippen MR) is 127 cm³/mol. The Bertz CT molecular complexity index is 1170. The number of hydrogen-bond donors (Lipinski definition) is 1. The van der Waals surface area contributed by atoms with E-state index in [0.29, 0.717) is 27.6 Å². The zero-order valence-corrected chi connectivity index (χ0v) is 20.0. The zero-order valence-electron chi connectivity index (χ0n) is 19.2. The van der Waals surface area contributed by atoms with Crippen molar-refractivity contribution in [2.24, 2.45) is 0 Å². The van der Waals surface area contributed by atoms with Gasteiger partial charge in [-0.25, -0.2) is 19.0 Å². The molecule has 1 saturated heterocycles. The van der Waals surface area contributed by atoms with Crippen molar-refractivity contribution in [3.8, 4) is 5.75 Å². The number of pyridine rings is 1. The summed E-state index contributed by atoms with van der Waals surface area (Å²) in [5.74, 6) is 0.199. The summed E-state index contributed by atoms with van der Waals surface area (Å²) in [6.45, 7) is 6.42. The predicted octanol–water partition coefficient (Wildman–Crippen LogP) is 4.36. The lowest BCUT2D eigenvalue weighted by Crippen LogP contribution is -2.59. The fourth-order valence-electron chi connectivity index (χ4n) is 3.50. The molecule has 9 nitrogen and oxygen atoms in total. The van der Waals surface area contributed by atoms with Gasteiger partial charge >= 0.3 is 12.1 Å². The third-order valence-electron chi connectivity index (χ3n) is 5.04. The van der Waals surface area contributed by atoms with Gasteiger partial charge in [-0.1, -0.05) is 11.3 Å². The van der Waals surface area contributed by atoms with Crippen molar-refractivity contribution in [2.45, 2.75) is 32.4 Å². The Balaban J connectivity index is 1.48. The van der Waals surface area contributed by atoms with Crippen LogP contribution >= 0.6 is 11.3 Å². The van der Waals surface area contributed by atoms with Gasteiger partial charge in [-0.3, -0.25) is 10.3 Å². The lowest BCUT2D eigenvalue weighted by molar-refractivity contribution is 0.00538. The van der Waals surface area contributed by atoms with E-state index in [1.165, 1.54) is 23.5 Å². The number of ether oxygens (including phenoxy) is 2. The Kier molecular flexibility index (Phi) is 6.82. The Morgan fingerprint density at radius 2 is 2.09 bits per heavy atom. The van der Waals surface area contributed by atoms with E-state index >= 15 is 0 Å². The molecule has 2 aromatic heterocycles. The Morgan fingerprint density at radius 3 is 2.82 bits per heavy atom. The molecule has 0 aliphatic carbocycles. The number of amides is 3. The van der Waals surface area contributed by atoms with Crippen molar-refractivity contribution < 1.29 is 23.5 Å². The summed E-state index contributed by atoms with van der Waals surface area (Å²) in [7, 11) is 0. The van der Waals surface area contributed by atoms with Crippen molar-refractivity contribution in [1.82, 2.24) is 19.8 Å². The zero-order chi connectivity index (χ0) is 24.3. The van der Waals surface area contributed by atoms with Crippen LogP contribution in [0.3, 0.4) is 0 Å². The first kappa shape index (κ1) is 23.7. The monoisotopic (exact) mass is 487 g/mol. The molecule has 3 aromatic rings. The molecular formula is C23H26FN5O4S. The van der Waals surface area contributed by atoms with Gasteiger partial charge in [0.05, 0.1) is 22.5 Å². The lowest BCUT2D eigenvalue weighted by atomic mass is 10.2. The van der Waals surface area contributed by atoms with E-state index in [-0.39, 0.29) is 31.5 Å². The van der Waals surface area contributed by atoms with Crippen LogP contribution in [0.25, 0.3) is 10.2 Å². The van der Waals surface area contributed by atoms with E-state index in [4.69, 9.17) is 9.47 Å². The number of carbonyl (C=O) groups excluding carboxylic acids is 2. The van der Waals surface area contributed by atoms with Crippen LogP contribution in [0, 0.1) is 5.82 Å². The van der Waals surface area contributed by atoms with Gasteiger partial charge in [0.25, 0.3) is 0 Å². The molecule has 1 fully saturated rings. The summed E-state index contributed by atoms with van der Waals surface area (Å²) in [4.78, 5) is 37.3. The van der Waals surface area contributed by atoms with Gasteiger partial charge in [-0.05, 0) is 51.1 Å². The molecule has 180 valence electrons. The first-order valence-electron chi connectivity index (χ1n) is 10.8. The Morgan fingerprint density at radius 1 is 1.26 bits per heavy atom. The van der Waals surface area contributed by atoms with Crippen LogP contribution in [0.1, 0.15) is 20.8 Å². The van der Waals surface area contributed by atoms with Gasteiger partial charge in [0.15, 0.2) is 5.13 Å². The van der Waals surface area contributed by atoms with Gasteiger partial charge in [-0.15, -0.1) is 0 Å². The van der Waals surface area contributed by atoms with Crippen LogP contribution in [0.15, 0.2) is 42.7 Å². The molecule has 0 saturated carbocycles. The molecule has 0 bridgehead atoms. The fourth-order valence-corrected chi connectivity index (χ4v) is 4.38. The number of urea groups is 1. The standard InChI is InChI=1S/C23H26FN5O4S/c1-23(2,3)33-22(31)28-9-10-29(16(13-28)14-32-17-5-4-8-25-12-17)21(30)27-20-26-18-7-6-15(24)11-19(18)34-20/h4-8,11-12,16H,9-10,13-14H2,1-3H3,(H,26,27,30). The molecule has 1 atom stereocenters. The highest BCUT2D eigenvalue weighted by Crippen LogP contribution is 2.27. The van der Waals surface area contributed by atoms with Crippen LogP contribution in [0.4, 0.5) is 19.1 Å². The largest absolute Gasteiger partial charge is 0.490 e. The van der Waals surface area contributed by atoms with E-state index in [2.05, 4.69) is 15.3 Å². The van der Waals surface area contributed by atoms with Gasteiger partial charge < -0.3 is 19.3 Å². The van der Waals surface area contributed by atoms with Crippen LogP contribution in [-0.4, -0.2) is 69.8 Å². The maximum absolute atomic E-state index is 13.5. The molecule has 34 heavy (non-hydrogen) atoms. The maximum Gasteiger partial charge on any atom is 0.410 e. The van der Waals surface area contributed by atoms with E-state index in [9.17, 15) is 14.0 Å². The quantitative estimate of drug-likeness (QED) is 0.587. The lowest BCUT2D eigenvalue weighted by Gasteiger charge is -2.41. The number of carbonyl (C=O) groups is 2. The molecule has 0 radical (unpaired) electrons. The van der Waals surface area contributed by atoms with E-state index in [1.807, 2.05) is 20.8 Å². The number of fused-ring (bicyclic) bond motifs is 1. The highest BCUT2D eigenvalue weighted by molar-refractivity contribution is 7.22. The number of halogens is 1. The SMILES string of the molecule is CC(C)(C)OC(=O)N1CCN(C(=O)Nc2nc3ccc(F)cc3s2)C(COc2cccnc2)C1. The number of hydrogen-bond acceptors (Lipinski definition) is 7. The summed E-state index contributed by atoms with van der Waals surface area (Å²) in [6, 6.07) is 7.00. The first-order valence-corrected chi connectivity index (χ1v) is 11.6. The van der Waals surface area contributed by atoms with E-state index in [0.717, 1.165) is 0 Å². The molecule has 1 aromatic carbocycles. The maximum atomic E-state index is 13.5. The third-order valence-corrected chi connectivity index (χ3v) is 5.97. The number of aromatic nitrogens is 2. The normalized spacial score (nSPS) is 16.4. The highest BCUT2D eigenvalue weighted by Gasteiger charge is 2.35. The molecule has 0 spiro atoms. The second kappa shape index (κ2) is 9.80. The minimum absolute atomic E-state index is 0.156. The van der Waals surface area contributed by atoms with E-state index in [1.54, 1.807) is 40.4 Å². The Labute approximate surface area is 200 Å². The van der Waals surface area contributed by atoms with Crippen molar-refractivity contribution in [3.05, 3.63) is 48.5 Å². The Hall–Kier alpha value is -3.47. The molecule has 4 rings (SSSR count). The smallest absolute Gasteiger partial charge is 0.410 e. The minimum Gasteiger partial charge on any atom is -0.490 e. The summed E-state index contributed by atoms with van der Waals surface area (Å²) in [5.41, 5.74) is -0.0208. The third kappa shape index (κ3) is 5.90. The average molecular weight is 488 g/mol. The van der Waals surface area contributed by atoms with Crippen LogP contribution in [0.2, 0.25) is 0 Å². The van der Waals surface area contributed by atoms with Gasteiger partial charge in [-0.2, -0.15) is 0 Å². The number of benzene rings is 1. The minimum atomic E-state index is -0.625. The van der Waals surface area contributed by atoms with Crippen LogP contribution in [-0.2, 0) is 4.74 Å². The fraction of sp³-hybridized carbons (Fsp3) is 0.391. The average Bonchev–Trinajstić information content (AvgIpc) is 3.18. The van der Waals surface area contributed by atoms with Gasteiger partial charge in [0.1, 0.15) is 23.8 Å². The number of piperazine rings is 1. The first-order chi connectivity index (χ1) is 16.2. The van der Waals surface area contributed by atoms with Crippen molar-refractivity contribution in [3.63, 3.8) is 0 Å². The van der Waals surface area contributed by atoms with Crippen molar-refractivity contribution in [1.29, 1.82) is 0 Å². The number of nitrogens with one attached hydrogen (secondary N) is 1. The van der Waals surface area contributed by atoms with Crippen molar-refractivity contribution in [2.75, 3.05) is 31.6 Å². The topological polar surface area (TPSA) is 96.9 Å². The summed E-state index contributed by atoms with van der Waals surface area (Å²) >= 11 is 1.19. The molecule has 1 N–H and O–H groups in total. The summed E-state index contributed by atoms with van der Waals surface area (Å²) in [5, 5.41) is 3.17. The van der Waals surface area contributed by atoms with E-state index < -0.39 is 17.7 Å². The summed E-state index contributed by atoms with van der Waals surface area (Å²) in [6.07, 6.45) is 2.78. The highest BCUT2D eigenvalue weighted by atomic mass is 32.1. The molecule has 3 heterocycles. The molecule has 1 unspecified atom stereocenters. The molecular weight excluding hydrogens is 461 g/mol. The second-order valence-corrected chi connectivity index (χ2v) is 9.87. The van der Waals surface area contributed by atoms with Crippen LogP contribution < -0.4 is 10.1 Å². The second-order valence-electron chi connectivity index (χ2n) is 8.83. The summed E-state index contributed by atoms with van der Waals surface area (Å²) < 4.78 is 25.5. The number of rotatable bonds is 4. The number of anilines is 1. The molecule has 1 aliphatic rings. The molecule has 3 amide bonds. The number of thiazole rings is 1.